The third kappa shape index (κ3) is 3.71. The zero-order valence-corrected chi connectivity index (χ0v) is 15.7. The maximum Gasteiger partial charge on any atom is 0.191 e. The molecule has 0 amide bonds. The lowest BCUT2D eigenvalue weighted by Gasteiger charge is -2.12. The highest BCUT2D eigenvalue weighted by atomic mass is 19.1. The highest BCUT2D eigenvalue weighted by molar-refractivity contribution is 5.83. The number of hydrogen-bond donors (Lipinski definition) is 3. The quantitative estimate of drug-likeness (QED) is 0.486. The highest BCUT2D eigenvalue weighted by Crippen LogP contribution is 2.19. The van der Waals surface area contributed by atoms with Crippen molar-refractivity contribution in [3.8, 4) is 0 Å². The fourth-order valence-corrected chi connectivity index (χ4v) is 3.15. The molecule has 0 bridgehead atoms. The predicted molar refractivity (Wildman–Crippen MR) is 103 cm³/mol. The molecule has 0 saturated carbocycles. The molecule has 7 heteroatoms. The molecule has 0 aliphatic carbocycles. The minimum atomic E-state index is -0.227. The summed E-state index contributed by atoms with van der Waals surface area (Å²) in [5.41, 5.74) is 5.34. The Kier molecular flexibility index (Phi) is 5.25. The van der Waals surface area contributed by atoms with Crippen molar-refractivity contribution in [2.75, 3.05) is 13.6 Å². The normalized spacial score (nSPS) is 12.0. The van der Waals surface area contributed by atoms with E-state index in [2.05, 4.69) is 32.6 Å². The molecule has 0 aliphatic rings. The number of rotatable bonds is 5. The molecule has 2 aromatic heterocycles. The van der Waals surface area contributed by atoms with E-state index < -0.39 is 0 Å². The summed E-state index contributed by atoms with van der Waals surface area (Å²) in [5, 5.41) is 12.1. The Bertz CT molecular complexity index is 937. The van der Waals surface area contributed by atoms with Gasteiger partial charge in [-0.1, -0.05) is 0 Å². The average Bonchev–Trinajstić information content (AvgIpc) is 3.12. The second-order valence-corrected chi connectivity index (χ2v) is 6.38. The molecule has 6 nitrogen and oxygen atoms in total. The number of fused-ring (bicyclic) bond motifs is 1. The van der Waals surface area contributed by atoms with Gasteiger partial charge in [0.15, 0.2) is 5.96 Å². The van der Waals surface area contributed by atoms with E-state index in [4.69, 9.17) is 0 Å². The lowest BCUT2D eigenvalue weighted by atomic mass is 10.1. The minimum Gasteiger partial charge on any atom is -0.361 e. The highest BCUT2D eigenvalue weighted by Gasteiger charge is 2.10. The molecule has 3 aromatic rings. The van der Waals surface area contributed by atoms with Gasteiger partial charge in [0.05, 0.1) is 5.69 Å². The fraction of sp³-hybridized carbons (Fsp3) is 0.368. The molecular weight excluding hydrogens is 331 g/mol. The van der Waals surface area contributed by atoms with Crippen molar-refractivity contribution in [1.29, 1.82) is 0 Å². The zero-order valence-electron chi connectivity index (χ0n) is 15.7. The van der Waals surface area contributed by atoms with Crippen molar-refractivity contribution in [3.05, 3.63) is 52.7 Å². The summed E-state index contributed by atoms with van der Waals surface area (Å²) < 4.78 is 15.2. The van der Waals surface area contributed by atoms with Crippen LogP contribution in [0.4, 0.5) is 4.39 Å². The molecule has 1 aromatic carbocycles. The summed E-state index contributed by atoms with van der Waals surface area (Å²) in [4.78, 5) is 7.39. The second kappa shape index (κ2) is 7.59. The first-order chi connectivity index (χ1) is 12.5. The Morgan fingerprint density at radius 3 is 2.81 bits per heavy atom. The maximum atomic E-state index is 13.3. The molecule has 0 atom stereocenters. The molecule has 0 spiro atoms. The molecule has 2 heterocycles. The number of aromatic amines is 1. The van der Waals surface area contributed by atoms with Crippen LogP contribution in [0.3, 0.4) is 0 Å². The maximum absolute atomic E-state index is 13.3. The van der Waals surface area contributed by atoms with Crippen LogP contribution in [0.25, 0.3) is 10.9 Å². The second-order valence-electron chi connectivity index (χ2n) is 6.38. The summed E-state index contributed by atoms with van der Waals surface area (Å²) in [5.74, 6) is 0.521. The van der Waals surface area contributed by atoms with Crippen molar-refractivity contribution in [1.82, 2.24) is 25.4 Å². The number of aryl methyl sites for hydroxylation is 2. The number of H-pyrrole nitrogens is 1. The number of aliphatic imine (C=N–C) groups is 1. The van der Waals surface area contributed by atoms with Crippen molar-refractivity contribution < 1.29 is 4.39 Å². The smallest absolute Gasteiger partial charge is 0.191 e. The van der Waals surface area contributed by atoms with Crippen LogP contribution in [0.2, 0.25) is 0 Å². The van der Waals surface area contributed by atoms with E-state index in [1.54, 1.807) is 7.05 Å². The average molecular weight is 356 g/mol. The summed E-state index contributed by atoms with van der Waals surface area (Å²) >= 11 is 0. The zero-order chi connectivity index (χ0) is 18.7. The van der Waals surface area contributed by atoms with Crippen LogP contribution >= 0.6 is 0 Å². The van der Waals surface area contributed by atoms with Gasteiger partial charge in [-0.05, 0) is 44.0 Å². The Morgan fingerprint density at radius 1 is 1.31 bits per heavy atom. The van der Waals surface area contributed by atoms with Gasteiger partial charge in [-0.3, -0.25) is 9.67 Å². The third-order valence-electron chi connectivity index (χ3n) is 4.73. The number of hydrogen-bond acceptors (Lipinski definition) is 2. The number of halogens is 1. The van der Waals surface area contributed by atoms with Crippen molar-refractivity contribution >= 4 is 16.9 Å². The standard InChI is InChI=1S/C19H25FN6/c1-12-17(13(2)26(4)25-12)11-24-19(21-3)22-8-7-14-10-23-18-9-15(20)5-6-16(14)18/h5-6,9-10,23H,7-8,11H2,1-4H3,(H2,21,22,24). The molecule has 0 radical (unpaired) electrons. The Labute approximate surface area is 152 Å². The molecule has 0 aliphatic heterocycles. The SMILES string of the molecule is CN=C(NCCc1c[nH]c2cc(F)ccc12)NCc1c(C)nn(C)c1C. The van der Waals surface area contributed by atoms with Crippen LogP contribution in [0, 0.1) is 19.7 Å². The molecule has 3 N–H and O–H groups in total. The molecule has 138 valence electrons. The van der Waals surface area contributed by atoms with Crippen LogP contribution in [0.15, 0.2) is 29.4 Å². The largest absolute Gasteiger partial charge is 0.361 e. The summed E-state index contributed by atoms with van der Waals surface area (Å²) in [7, 11) is 3.71. The number of guanidine groups is 1. The van der Waals surface area contributed by atoms with Crippen molar-refractivity contribution in [3.63, 3.8) is 0 Å². The monoisotopic (exact) mass is 356 g/mol. The van der Waals surface area contributed by atoms with Crippen LogP contribution in [0.5, 0.6) is 0 Å². The Hall–Kier alpha value is -2.83. The van der Waals surface area contributed by atoms with Gasteiger partial charge in [0.2, 0.25) is 0 Å². The van der Waals surface area contributed by atoms with E-state index in [1.165, 1.54) is 17.7 Å². The van der Waals surface area contributed by atoms with Crippen LogP contribution < -0.4 is 10.6 Å². The van der Waals surface area contributed by atoms with Crippen molar-refractivity contribution in [2.24, 2.45) is 12.0 Å². The number of aromatic nitrogens is 3. The topological polar surface area (TPSA) is 70.0 Å². The van der Waals surface area contributed by atoms with Gasteiger partial charge in [-0.15, -0.1) is 0 Å². The summed E-state index contributed by atoms with van der Waals surface area (Å²) in [6.45, 7) is 5.49. The van der Waals surface area contributed by atoms with Gasteiger partial charge in [-0.2, -0.15) is 5.10 Å². The Balaban J connectivity index is 1.55. The molecular formula is C19H25FN6. The van der Waals surface area contributed by atoms with Gasteiger partial charge in [-0.25, -0.2) is 4.39 Å². The van der Waals surface area contributed by atoms with Gasteiger partial charge >= 0.3 is 0 Å². The van der Waals surface area contributed by atoms with E-state index in [9.17, 15) is 4.39 Å². The lowest BCUT2D eigenvalue weighted by molar-refractivity contribution is 0.629. The van der Waals surface area contributed by atoms with E-state index in [0.29, 0.717) is 6.54 Å². The summed E-state index contributed by atoms with van der Waals surface area (Å²) in [6, 6.07) is 4.83. The minimum absolute atomic E-state index is 0.227. The number of nitrogens with zero attached hydrogens (tertiary/aromatic N) is 3. The number of nitrogens with one attached hydrogen (secondary N) is 3. The van der Waals surface area contributed by atoms with Gasteiger partial charge in [0.25, 0.3) is 0 Å². The van der Waals surface area contributed by atoms with E-state index in [1.807, 2.05) is 30.9 Å². The molecule has 0 saturated heterocycles. The van der Waals surface area contributed by atoms with E-state index >= 15 is 0 Å². The first-order valence-electron chi connectivity index (χ1n) is 8.68. The van der Waals surface area contributed by atoms with Gasteiger partial charge < -0.3 is 15.6 Å². The molecule has 3 rings (SSSR count). The van der Waals surface area contributed by atoms with Gasteiger partial charge in [0.1, 0.15) is 5.82 Å². The fourth-order valence-electron chi connectivity index (χ4n) is 3.15. The predicted octanol–water partition coefficient (Wildman–Crippen LogP) is 2.57. The molecule has 26 heavy (non-hydrogen) atoms. The first-order valence-corrected chi connectivity index (χ1v) is 8.68. The van der Waals surface area contributed by atoms with Gasteiger partial charge in [0, 0.05) is 55.5 Å². The first kappa shape index (κ1) is 18.0. The van der Waals surface area contributed by atoms with E-state index in [0.717, 1.165) is 46.8 Å². The van der Waals surface area contributed by atoms with Crippen LogP contribution in [-0.2, 0) is 20.0 Å². The molecule has 0 fully saturated rings. The summed E-state index contributed by atoms with van der Waals surface area (Å²) in [6.07, 6.45) is 2.75. The van der Waals surface area contributed by atoms with Crippen LogP contribution in [-0.4, -0.2) is 34.3 Å². The van der Waals surface area contributed by atoms with Crippen molar-refractivity contribution in [2.45, 2.75) is 26.8 Å². The van der Waals surface area contributed by atoms with E-state index in [-0.39, 0.29) is 5.82 Å². The van der Waals surface area contributed by atoms with Crippen LogP contribution in [0.1, 0.15) is 22.5 Å². The molecule has 0 unspecified atom stereocenters. The Morgan fingerprint density at radius 2 is 2.12 bits per heavy atom. The lowest BCUT2D eigenvalue weighted by Crippen LogP contribution is -2.38. The number of benzene rings is 1. The third-order valence-corrected chi connectivity index (χ3v) is 4.73.